The lowest BCUT2D eigenvalue weighted by molar-refractivity contribution is -0.0695. The first-order chi connectivity index (χ1) is 7.22. The Kier molecular flexibility index (Phi) is 4.59. The highest BCUT2D eigenvalue weighted by molar-refractivity contribution is 5.70. The number of carbonyl (C=O) groups excluding carboxylic acids is 1. The van der Waals surface area contributed by atoms with Crippen molar-refractivity contribution in [2.45, 2.75) is 6.29 Å². The van der Waals surface area contributed by atoms with E-state index in [0.717, 1.165) is 0 Å². The quantitative estimate of drug-likeness (QED) is 0.721. The zero-order valence-electron chi connectivity index (χ0n) is 8.34. The summed E-state index contributed by atoms with van der Waals surface area (Å²) in [6.45, 7) is -0.0117. The van der Waals surface area contributed by atoms with Gasteiger partial charge >= 0.3 is 6.09 Å². The van der Waals surface area contributed by atoms with Gasteiger partial charge < -0.3 is 19.9 Å². The van der Waals surface area contributed by atoms with Crippen molar-refractivity contribution in [3.63, 3.8) is 0 Å². The lowest BCUT2D eigenvalue weighted by Gasteiger charge is -2.09. The summed E-state index contributed by atoms with van der Waals surface area (Å²) in [5.41, 5.74) is 0. The van der Waals surface area contributed by atoms with Gasteiger partial charge in [0.05, 0.1) is 6.54 Å². The largest absolute Gasteiger partial charge is 0.412 e. The Morgan fingerprint density at radius 2 is 2.13 bits per heavy atom. The summed E-state index contributed by atoms with van der Waals surface area (Å²) >= 11 is 0. The van der Waals surface area contributed by atoms with Crippen LogP contribution in [0.25, 0.3) is 0 Å². The second-order valence-electron chi connectivity index (χ2n) is 2.77. The number of amides is 1. The average Bonchev–Trinajstić information content (AvgIpc) is 2.27. The minimum absolute atomic E-state index is 0.0117. The molecule has 0 heterocycles. The Morgan fingerprint density at radius 3 is 2.73 bits per heavy atom. The molecule has 0 radical (unpaired) electrons. The first-order valence-electron chi connectivity index (χ1n) is 4.44. The molecule has 0 bridgehead atoms. The third kappa shape index (κ3) is 4.44. The molecule has 0 spiro atoms. The van der Waals surface area contributed by atoms with Gasteiger partial charge in [-0.05, 0) is 12.1 Å². The number of carbonyl (C=O) groups is 1. The van der Waals surface area contributed by atoms with Crippen molar-refractivity contribution < 1.29 is 19.4 Å². The third-order valence-corrected chi connectivity index (χ3v) is 1.65. The number of rotatable bonds is 4. The molecule has 0 aromatic heterocycles. The fourth-order valence-electron chi connectivity index (χ4n) is 0.886. The van der Waals surface area contributed by atoms with E-state index in [1.54, 1.807) is 24.3 Å². The number of para-hydroxylation sites is 1. The van der Waals surface area contributed by atoms with E-state index in [4.69, 9.17) is 9.84 Å². The molecule has 0 aliphatic rings. The minimum Gasteiger partial charge on any atom is -0.410 e. The number of aliphatic hydroxyl groups excluding tert-OH is 1. The van der Waals surface area contributed by atoms with E-state index in [1.165, 1.54) is 7.11 Å². The van der Waals surface area contributed by atoms with Crippen molar-refractivity contribution in [3.8, 4) is 5.75 Å². The Bertz CT molecular complexity index is 302. The summed E-state index contributed by atoms with van der Waals surface area (Å²) in [4.78, 5) is 11.1. The molecule has 0 fully saturated rings. The van der Waals surface area contributed by atoms with Crippen LogP contribution in [0.4, 0.5) is 4.79 Å². The Morgan fingerprint density at radius 1 is 1.47 bits per heavy atom. The van der Waals surface area contributed by atoms with E-state index in [-0.39, 0.29) is 6.54 Å². The van der Waals surface area contributed by atoms with Gasteiger partial charge in [0.25, 0.3) is 0 Å². The molecular formula is C10H13NO4. The van der Waals surface area contributed by atoms with Crippen molar-refractivity contribution >= 4 is 6.09 Å². The summed E-state index contributed by atoms with van der Waals surface area (Å²) in [5, 5.41) is 11.3. The fourth-order valence-corrected chi connectivity index (χ4v) is 0.886. The summed E-state index contributed by atoms with van der Waals surface area (Å²) in [6.07, 6.45) is -1.65. The Labute approximate surface area is 87.6 Å². The van der Waals surface area contributed by atoms with E-state index < -0.39 is 12.4 Å². The second-order valence-corrected chi connectivity index (χ2v) is 2.77. The Hall–Kier alpha value is -1.59. The standard InChI is InChI=1S/C10H13NO4/c1-14-9(12)7-11-10(13)15-8-5-3-2-4-6-8/h2-6,9,12H,7H2,1H3,(H,11,13). The molecule has 1 aromatic rings. The third-order valence-electron chi connectivity index (χ3n) is 1.65. The maximum atomic E-state index is 11.1. The summed E-state index contributed by atoms with van der Waals surface area (Å²) < 4.78 is 9.43. The van der Waals surface area contributed by atoms with Crippen molar-refractivity contribution in [2.24, 2.45) is 0 Å². The lowest BCUT2D eigenvalue weighted by atomic mass is 10.3. The molecule has 0 aliphatic carbocycles. The van der Waals surface area contributed by atoms with Crippen molar-refractivity contribution in [3.05, 3.63) is 30.3 Å². The highest BCUT2D eigenvalue weighted by Gasteiger charge is 2.06. The molecule has 5 nitrogen and oxygen atoms in total. The van der Waals surface area contributed by atoms with Crippen LogP contribution in [0.1, 0.15) is 0 Å². The van der Waals surface area contributed by atoms with E-state index >= 15 is 0 Å². The monoisotopic (exact) mass is 211 g/mol. The van der Waals surface area contributed by atoms with Gasteiger partial charge in [-0.2, -0.15) is 0 Å². The van der Waals surface area contributed by atoms with Crippen LogP contribution in [0, 0.1) is 0 Å². The first kappa shape index (κ1) is 11.5. The number of hydrogen-bond donors (Lipinski definition) is 2. The van der Waals surface area contributed by atoms with Crippen LogP contribution < -0.4 is 10.1 Å². The van der Waals surface area contributed by atoms with Crippen LogP contribution in [0.3, 0.4) is 0 Å². The summed E-state index contributed by atoms with van der Waals surface area (Å²) in [6, 6.07) is 8.65. The molecular weight excluding hydrogens is 198 g/mol. The molecule has 1 rings (SSSR count). The molecule has 0 saturated carbocycles. The summed E-state index contributed by atoms with van der Waals surface area (Å²) in [7, 11) is 1.34. The maximum Gasteiger partial charge on any atom is 0.412 e. The fraction of sp³-hybridized carbons (Fsp3) is 0.300. The van der Waals surface area contributed by atoms with Gasteiger partial charge in [-0.25, -0.2) is 4.79 Å². The molecule has 2 N–H and O–H groups in total. The van der Waals surface area contributed by atoms with Gasteiger partial charge in [0.1, 0.15) is 5.75 Å². The molecule has 1 unspecified atom stereocenters. The minimum atomic E-state index is -1.02. The van der Waals surface area contributed by atoms with E-state index in [1.807, 2.05) is 6.07 Å². The van der Waals surface area contributed by atoms with Crippen molar-refractivity contribution in [1.82, 2.24) is 5.32 Å². The zero-order chi connectivity index (χ0) is 11.1. The average molecular weight is 211 g/mol. The normalized spacial score (nSPS) is 11.9. The van der Waals surface area contributed by atoms with Crippen LogP contribution in [0.2, 0.25) is 0 Å². The molecule has 5 heteroatoms. The molecule has 0 aliphatic heterocycles. The second kappa shape index (κ2) is 6.00. The molecule has 15 heavy (non-hydrogen) atoms. The van der Waals surface area contributed by atoms with Crippen molar-refractivity contribution in [2.75, 3.05) is 13.7 Å². The van der Waals surface area contributed by atoms with E-state index in [2.05, 4.69) is 10.1 Å². The highest BCUT2D eigenvalue weighted by atomic mass is 16.6. The SMILES string of the molecule is COC(O)CNC(=O)Oc1ccccc1. The van der Waals surface area contributed by atoms with Crippen LogP contribution in [-0.2, 0) is 4.74 Å². The van der Waals surface area contributed by atoms with Gasteiger partial charge in [-0.15, -0.1) is 0 Å². The predicted molar refractivity (Wildman–Crippen MR) is 53.5 cm³/mol. The number of ether oxygens (including phenoxy) is 2. The number of aliphatic hydroxyl groups is 1. The molecule has 1 amide bonds. The number of methoxy groups -OCH3 is 1. The van der Waals surface area contributed by atoms with Crippen molar-refractivity contribution in [1.29, 1.82) is 0 Å². The van der Waals surface area contributed by atoms with Crippen LogP contribution in [0.5, 0.6) is 5.75 Å². The van der Waals surface area contributed by atoms with Crippen LogP contribution >= 0.6 is 0 Å². The molecule has 0 saturated heterocycles. The molecule has 82 valence electrons. The van der Waals surface area contributed by atoms with Gasteiger partial charge in [0.2, 0.25) is 0 Å². The maximum absolute atomic E-state index is 11.1. The highest BCUT2D eigenvalue weighted by Crippen LogP contribution is 2.07. The molecule has 1 atom stereocenters. The number of nitrogens with one attached hydrogen (secondary N) is 1. The van der Waals surface area contributed by atoms with Gasteiger partial charge in [0, 0.05) is 7.11 Å². The van der Waals surface area contributed by atoms with Crippen LogP contribution in [0.15, 0.2) is 30.3 Å². The summed E-state index contributed by atoms with van der Waals surface area (Å²) in [5.74, 6) is 0.446. The van der Waals surface area contributed by atoms with Gasteiger partial charge in [0.15, 0.2) is 6.29 Å². The molecule has 1 aromatic carbocycles. The van der Waals surface area contributed by atoms with Crippen LogP contribution in [-0.4, -0.2) is 31.1 Å². The smallest absolute Gasteiger partial charge is 0.410 e. The topological polar surface area (TPSA) is 67.8 Å². The lowest BCUT2D eigenvalue weighted by Crippen LogP contribution is -2.34. The number of hydrogen-bond acceptors (Lipinski definition) is 4. The van der Waals surface area contributed by atoms with Gasteiger partial charge in [-0.3, -0.25) is 0 Å². The van der Waals surface area contributed by atoms with E-state index in [9.17, 15) is 4.79 Å². The zero-order valence-corrected chi connectivity index (χ0v) is 8.34. The van der Waals surface area contributed by atoms with Gasteiger partial charge in [-0.1, -0.05) is 18.2 Å². The number of benzene rings is 1. The first-order valence-corrected chi connectivity index (χ1v) is 4.44. The Balaban J connectivity index is 2.31. The predicted octanol–water partition coefficient (Wildman–Crippen LogP) is 0.740. The van der Waals surface area contributed by atoms with E-state index in [0.29, 0.717) is 5.75 Å².